The highest BCUT2D eigenvalue weighted by Gasteiger charge is 2.29. The number of halogens is 1. The van der Waals surface area contributed by atoms with Gasteiger partial charge in [0.2, 0.25) is 0 Å². The molecule has 0 bridgehead atoms. The molecule has 2 N–H and O–H groups in total. The van der Waals surface area contributed by atoms with Crippen LogP contribution in [0, 0.1) is 11.7 Å². The highest BCUT2D eigenvalue weighted by atomic mass is 19.1. The number of nitrogens with zero attached hydrogens (tertiary/aromatic N) is 1. The molecule has 2 nitrogen and oxygen atoms in total. The third kappa shape index (κ3) is 2.42. The van der Waals surface area contributed by atoms with Crippen LogP contribution in [0.3, 0.4) is 0 Å². The Kier molecular flexibility index (Phi) is 3.56. The van der Waals surface area contributed by atoms with Crippen molar-refractivity contribution >= 4 is 0 Å². The summed E-state index contributed by atoms with van der Waals surface area (Å²) >= 11 is 0. The van der Waals surface area contributed by atoms with Crippen LogP contribution >= 0.6 is 0 Å². The molecule has 1 aromatic carbocycles. The normalized spacial score (nSPS) is 26.2. The van der Waals surface area contributed by atoms with Crippen LogP contribution in [0.15, 0.2) is 24.3 Å². The van der Waals surface area contributed by atoms with Gasteiger partial charge in [-0.25, -0.2) is 4.39 Å². The second-order valence-corrected chi connectivity index (χ2v) is 4.67. The number of benzene rings is 1. The molecule has 88 valence electrons. The molecular formula is C13H19FN2. The first-order valence-corrected chi connectivity index (χ1v) is 5.89. The first-order valence-electron chi connectivity index (χ1n) is 5.89. The maximum absolute atomic E-state index is 12.8. The predicted molar refractivity (Wildman–Crippen MR) is 63.4 cm³/mol. The molecule has 1 aromatic rings. The van der Waals surface area contributed by atoms with Crippen LogP contribution in [-0.4, -0.2) is 24.0 Å². The Labute approximate surface area is 96.2 Å². The number of likely N-dealkylation sites (tertiary alicyclic amines) is 1. The Morgan fingerprint density at radius 3 is 2.69 bits per heavy atom. The maximum Gasteiger partial charge on any atom is 0.123 e. The van der Waals surface area contributed by atoms with Crippen molar-refractivity contribution < 1.29 is 4.39 Å². The second kappa shape index (κ2) is 4.93. The molecule has 0 spiro atoms. The van der Waals surface area contributed by atoms with E-state index in [0.29, 0.717) is 18.5 Å². The molecule has 1 aliphatic rings. The van der Waals surface area contributed by atoms with Crippen LogP contribution in [0.1, 0.15) is 18.9 Å². The van der Waals surface area contributed by atoms with E-state index >= 15 is 0 Å². The number of nitrogens with two attached hydrogens (primary N) is 1. The lowest BCUT2D eigenvalue weighted by Crippen LogP contribution is -2.37. The van der Waals surface area contributed by atoms with Gasteiger partial charge in [-0.3, -0.25) is 4.90 Å². The molecule has 1 aliphatic heterocycles. The summed E-state index contributed by atoms with van der Waals surface area (Å²) in [5.74, 6) is 0.499. The Bertz CT molecular complexity index is 336. The van der Waals surface area contributed by atoms with Crippen LogP contribution in [0.4, 0.5) is 4.39 Å². The van der Waals surface area contributed by atoms with Crippen molar-refractivity contribution in [2.45, 2.75) is 25.9 Å². The van der Waals surface area contributed by atoms with Crippen molar-refractivity contribution in [2.75, 3.05) is 13.1 Å². The monoisotopic (exact) mass is 222 g/mol. The van der Waals surface area contributed by atoms with E-state index in [4.69, 9.17) is 5.73 Å². The van der Waals surface area contributed by atoms with Crippen molar-refractivity contribution in [1.29, 1.82) is 0 Å². The summed E-state index contributed by atoms with van der Waals surface area (Å²) in [4.78, 5) is 2.40. The molecule has 2 unspecified atom stereocenters. The molecule has 2 atom stereocenters. The van der Waals surface area contributed by atoms with Crippen molar-refractivity contribution in [3.63, 3.8) is 0 Å². The number of hydrogen-bond donors (Lipinski definition) is 1. The maximum atomic E-state index is 12.8. The molecule has 0 amide bonds. The van der Waals surface area contributed by atoms with E-state index < -0.39 is 0 Å². The van der Waals surface area contributed by atoms with E-state index in [9.17, 15) is 4.39 Å². The van der Waals surface area contributed by atoms with E-state index in [1.54, 1.807) is 0 Å². The van der Waals surface area contributed by atoms with Gasteiger partial charge in [0, 0.05) is 19.1 Å². The Morgan fingerprint density at radius 2 is 2.06 bits per heavy atom. The molecule has 1 heterocycles. The largest absolute Gasteiger partial charge is 0.329 e. The molecule has 0 saturated carbocycles. The van der Waals surface area contributed by atoms with Crippen LogP contribution in [0.2, 0.25) is 0 Å². The lowest BCUT2D eigenvalue weighted by Gasteiger charge is -2.25. The average Bonchev–Trinajstić information content (AvgIpc) is 2.63. The number of hydrogen-bond acceptors (Lipinski definition) is 2. The Balaban J connectivity index is 2.01. The lowest BCUT2D eigenvalue weighted by molar-refractivity contribution is 0.228. The zero-order valence-electron chi connectivity index (χ0n) is 9.70. The van der Waals surface area contributed by atoms with Crippen LogP contribution in [0.5, 0.6) is 0 Å². The molecule has 0 radical (unpaired) electrons. The summed E-state index contributed by atoms with van der Waals surface area (Å²) in [7, 11) is 0. The van der Waals surface area contributed by atoms with Crippen molar-refractivity contribution in [3.05, 3.63) is 35.6 Å². The molecule has 1 fully saturated rings. The van der Waals surface area contributed by atoms with Crippen molar-refractivity contribution in [3.8, 4) is 0 Å². The summed E-state index contributed by atoms with van der Waals surface area (Å²) in [5, 5.41) is 0. The molecular weight excluding hydrogens is 203 g/mol. The molecule has 16 heavy (non-hydrogen) atoms. The van der Waals surface area contributed by atoms with Crippen LogP contribution in [-0.2, 0) is 6.54 Å². The quantitative estimate of drug-likeness (QED) is 0.847. The SMILES string of the molecule is CC1CCN(Cc2ccc(F)cc2)C1CN. The van der Waals surface area contributed by atoms with Gasteiger partial charge in [0.1, 0.15) is 5.82 Å². The van der Waals surface area contributed by atoms with Gasteiger partial charge in [-0.05, 0) is 36.6 Å². The lowest BCUT2D eigenvalue weighted by atomic mass is 10.0. The summed E-state index contributed by atoms with van der Waals surface area (Å²) in [5.41, 5.74) is 6.95. The Morgan fingerprint density at radius 1 is 1.38 bits per heavy atom. The smallest absolute Gasteiger partial charge is 0.123 e. The summed E-state index contributed by atoms with van der Waals surface area (Å²) in [6.45, 7) is 4.94. The van der Waals surface area contributed by atoms with Crippen molar-refractivity contribution in [1.82, 2.24) is 4.90 Å². The van der Waals surface area contributed by atoms with E-state index in [0.717, 1.165) is 18.7 Å². The van der Waals surface area contributed by atoms with E-state index in [-0.39, 0.29) is 5.82 Å². The highest BCUT2D eigenvalue weighted by molar-refractivity contribution is 5.16. The first kappa shape index (κ1) is 11.6. The fourth-order valence-corrected chi connectivity index (χ4v) is 2.49. The van der Waals surface area contributed by atoms with Gasteiger partial charge in [-0.15, -0.1) is 0 Å². The van der Waals surface area contributed by atoms with Gasteiger partial charge in [0.15, 0.2) is 0 Å². The Hall–Kier alpha value is -0.930. The molecule has 2 rings (SSSR count). The second-order valence-electron chi connectivity index (χ2n) is 4.67. The van der Waals surface area contributed by atoms with Gasteiger partial charge in [-0.1, -0.05) is 19.1 Å². The summed E-state index contributed by atoms with van der Waals surface area (Å²) in [6.07, 6.45) is 1.21. The van der Waals surface area contributed by atoms with E-state index in [2.05, 4.69) is 11.8 Å². The van der Waals surface area contributed by atoms with Gasteiger partial charge in [-0.2, -0.15) is 0 Å². The van der Waals surface area contributed by atoms with Gasteiger partial charge >= 0.3 is 0 Å². The molecule has 0 aliphatic carbocycles. The number of rotatable bonds is 3. The molecule has 3 heteroatoms. The summed E-state index contributed by atoms with van der Waals surface area (Å²) in [6, 6.07) is 7.22. The fraction of sp³-hybridized carbons (Fsp3) is 0.538. The first-order chi connectivity index (χ1) is 7.70. The molecule has 1 saturated heterocycles. The third-order valence-corrected chi connectivity index (χ3v) is 3.54. The van der Waals surface area contributed by atoms with Crippen LogP contribution < -0.4 is 5.73 Å². The zero-order chi connectivity index (χ0) is 11.5. The van der Waals surface area contributed by atoms with Gasteiger partial charge < -0.3 is 5.73 Å². The van der Waals surface area contributed by atoms with Crippen LogP contribution in [0.25, 0.3) is 0 Å². The highest BCUT2D eigenvalue weighted by Crippen LogP contribution is 2.24. The van der Waals surface area contributed by atoms with Gasteiger partial charge in [0.25, 0.3) is 0 Å². The minimum Gasteiger partial charge on any atom is -0.329 e. The van der Waals surface area contributed by atoms with Gasteiger partial charge in [0.05, 0.1) is 0 Å². The van der Waals surface area contributed by atoms with Crippen molar-refractivity contribution in [2.24, 2.45) is 11.7 Å². The third-order valence-electron chi connectivity index (χ3n) is 3.54. The minimum absolute atomic E-state index is 0.172. The standard InChI is InChI=1S/C13H19FN2/c1-10-6-7-16(13(10)8-15)9-11-2-4-12(14)5-3-11/h2-5,10,13H,6-9,15H2,1H3. The minimum atomic E-state index is -0.172. The average molecular weight is 222 g/mol. The zero-order valence-corrected chi connectivity index (χ0v) is 9.70. The summed E-state index contributed by atoms with van der Waals surface area (Å²) < 4.78 is 12.8. The van der Waals surface area contributed by atoms with E-state index in [1.165, 1.54) is 18.6 Å². The topological polar surface area (TPSA) is 29.3 Å². The van der Waals surface area contributed by atoms with E-state index in [1.807, 2.05) is 12.1 Å². The predicted octanol–water partition coefficient (Wildman–Crippen LogP) is 1.99. The fourth-order valence-electron chi connectivity index (χ4n) is 2.49. The molecule has 0 aromatic heterocycles.